The van der Waals surface area contributed by atoms with Gasteiger partial charge in [-0.25, -0.2) is 0 Å². The van der Waals surface area contributed by atoms with Gasteiger partial charge in [0, 0.05) is 28.4 Å². The van der Waals surface area contributed by atoms with Crippen molar-refractivity contribution in [2.24, 2.45) is 0 Å². The van der Waals surface area contributed by atoms with Gasteiger partial charge >= 0.3 is 5.97 Å². The maximum absolute atomic E-state index is 12.3. The van der Waals surface area contributed by atoms with Gasteiger partial charge in [0.15, 0.2) is 11.9 Å². The number of benzene rings is 2. The van der Waals surface area contributed by atoms with Crippen LogP contribution in [0.25, 0.3) is 10.9 Å². The number of esters is 1. The van der Waals surface area contributed by atoms with Gasteiger partial charge in [0.05, 0.1) is 6.42 Å². The Labute approximate surface area is 156 Å². The van der Waals surface area contributed by atoms with E-state index in [9.17, 15) is 14.4 Å². The predicted octanol–water partition coefficient (Wildman–Crippen LogP) is 3.48. The first-order chi connectivity index (χ1) is 12.9. The fourth-order valence-electron chi connectivity index (χ4n) is 2.79. The molecular formula is C21H20N2O4. The number of para-hydroxylation sites is 1. The molecule has 0 aliphatic heterocycles. The molecule has 6 nitrogen and oxygen atoms in total. The summed E-state index contributed by atoms with van der Waals surface area (Å²) in [7, 11) is 0. The molecule has 3 aromatic rings. The van der Waals surface area contributed by atoms with Crippen molar-refractivity contribution in [3.05, 3.63) is 65.9 Å². The van der Waals surface area contributed by atoms with Crippen molar-refractivity contribution < 1.29 is 19.1 Å². The first-order valence-corrected chi connectivity index (χ1v) is 8.60. The zero-order valence-electron chi connectivity index (χ0n) is 15.1. The van der Waals surface area contributed by atoms with Crippen LogP contribution in [0.1, 0.15) is 29.8 Å². The number of H-pyrrole nitrogens is 1. The third-order valence-electron chi connectivity index (χ3n) is 4.22. The van der Waals surface area contributed by atoms with Crippen LogP contribution in [0.4, 0.5) is 5.69 Å². The average Bonchev–Trinajstić information content (AvgIpc) is 3.04. The molecular weight excluding hydrogens is 344 g/mol. The van der Waals surface area contributed by atoms with Gasteiger partial charge in [-0.2, -0.15) is 0 Å². The number of rotatable bonds is 6. The SMILES string of the molecule is CC(=O)c1cccc(NC(=O)C(C)OC(=O)Cc2c[nH]c3ccccc23)c1. The van der Waals surface area contributed by atoms with Crippen molar-refractivity contribution in [3.63, 3.8) is 0 Å². The highest BCUT2D eigenvalue weighted by Gasteiger charge is 2.19. The molecule has 138 valence electrons. The predicted molar refractivity (Wildman–Crippen MR) is 103 cm³/mol. The summed E-state index contributed by atoms with van der Waals surface area (Å²) in [6, 6.07) is 14.3. The molecule has 0 radical (unpaired) electrons. The summed E-state index contributed by atoms with van der Waals surface area (Å²) < 4.78 is 5.25. The first-order valence-electron chi connectivity index (χ1n) is 8.60. The molecule has 2 N–H and O–H groups in total. The van der Waals surface area contributed by atoms with Gasteiger partial charge in [0.1, 0.15) is 0 Å². The van der Waals surface area contributed by atoms with Gasteiger partial charge < -0.3 is 15.0 Å². The molecule has 2 aromatic carbocycles. The quantitative estimate of drug-likeness (QED) is 0.518. The van der Waals surface area contributed by atoms with Crippen LogP contribution in [-0.2, 0) is 20.7 Å². The lowest BCUT2D eigenvalue weighted by Crippen LogP contribution is -2.30. The Kier molecular flexibility index (Phi) is 5.35. The van der Waals surface area contributed by atoms with E-state index in [1.54, 1.807) is 30.5 Å². The largest absolute Gasteiger partial charge is 0.452 e. The van der Waals surface area contributed by atoms with Gasteiger partial charge in [0.2, 0.25) is 0 Å². The van der Waals surface area contributed by atoms with E-state index in [2.05, 4.69) is 10.3 Å². The third kappa shape index (κ3) is 4.41. The molecule has 0 spiro atoms. The molecule has 6 heteroatoms. The molecule has 0 fully saturated rings. The number of carbonyl (C=O) groups is 3. The summed E-state index contributed by atoms with van der Waals surface area (Å²) in [5, 5.41) is 3.61. The Morgan fingerprint density at radius 1 is 1.11 bits per heavy atom. The summed E-state index contributed by atoms with van der Waals surface area (Å²) in [5.74, 6) is -1.04. The highest BCUT2D eigenvalue weighted by atomic mass is 16.5. The number of hydrogen-bond acceptors (Lipinski definition) is 4. The highest BCUT2D eigenvalue weighted by molar-refractivity contribution is 5.98. The van der Waals surface area contributed by atoms with Crippen LogP contribution in [0.15, 0.2) is 54.7 Å². The number of hydrogen-bond donors (Lipinski definition) is 2. The van der Waals surface area contributed by atoms with E-state index in [1.807, 2.05) is 24.3 Å². The number of nitrogens with one attached hydrogen (secondary N) is 2. The number of aromatic amines is 1. The van der Waals surface area contributed by atoms with E-state index in [-0.39, 0.29) is 12.2 Å². The van der Waals surface area contributed by atoms with Crippen molar-refractivity contribution in [1.29, 1.82) is 0 Å². The minimum Gasteiger partial charge on any atom is -0.452 e. The number of ether oxygens (including phenoxy) is 1. The van der Waals surface area contributed by atoms with E-state index in [0.29, 0.717) is 11.3 Å². The van der Waals surface area contributed by atoms with Gasteiger partial charge in [-0.1, -0.05) is 30.3 Å². The van der Waals surface area contributed by atoms with Crippen LogP contribution in [0.3, 0.4) is 0 Å². The van der Waals surface area contributed by atoms with Gasteiger partial charge in [0.25, 0.3) is 5.91 Å². The van der Waals surface area contributed by atoms with Gasteiger partial charge in [-0.15, -0.1) is 0 Å². The van der Waals surface area contributed by atoms with Crippen LogP contribution < -0.4 is 5.32 Å². The minimum atomic E-state index is -0.955. The number of Topliss-reactive ketones (excluding diaryl/α,β-unsaturated/α-hetero) is 1. The van der Waals surface area contributed by atoms with E-state index in [4.69, 9.17) is 4.74 Å². The molecule has 1 aromatic heterocycles. The second kappa shape index (κ2) is 7.86. The summed E-state index contributed by atoms with van der Waals surface area (Å²) in [5.41, 5.74) is 2.73. The lowest BCUT2D eigenvalue weighted by atomic mass is 10.1. The van der Waals surface area contributed by atoms with E-state index in [0.717, 1.165) is 16.5 Å². The van der Waals surface area contributed by atoms with Crippen molar-refractivity contribution in [1.82, 2.24) is 4.98 Å². The molecule has 27 heavy (non-hydrogen) atoms. The summed E-state index contributed by atoms with van der Waals surface area (Å²) in [6.07, 6.45) is 0.884. The molecule has 3 rings (SSSR count). The monoisotopic (exact) mass is 364 g/mol. The first kappa shape index (κ1) is 18.4. The van der Waals surface area contributed by atoms with Crippen LogP contribution in [0.2, 0.25) is 0 Å². The standard InChI is InChI=1S/C21H20N2O4/c1-13(24)15-6-5-7-17(10-15)23-21(26)14(2)27-20(25)11-16-12-22-19-9-4-3-8-18(16)19/h3-10,12,14,22H,11H2,1-2H3,(H,23,26). The van der Waals surface area contributed by atoms with Crippen LogP contribution in [0.5, 0.6) is 0 Å². The van der Waals surface area contributed by atoms with Crippen molar-refractivity contribution in [3.8, 4) is 0 Å². The van der Waals surface area contributed by atoms with E-state index in [1.165, 1.54) is 13.8 Å². The molecule has 1 amide bonds. The summed E-state index contributed by atoms with van der Waals surface area (Å²) in [6.45, 7) is 2.97. The minimum absolute atomic E-state index is 0.0709. The van der Waals surface area contributed by atoms with E-state index < -0.39 is 18.0 Å². The number of carbonyl (C=O) groups excluding carboxylic acids is 3. The average molecular weight is 364 g/mol. The van der Waals surface area contributed by atoms with Crippen molar-refractivity contribution in [2.45, 2.75) is 26.4 Å². The van der Waals surface area contributed by atoms with Crippen molar-refractivity contribution in [2.75, 3.05) is 5.32 Å². The Morgan fingerprint density at radius 3 is 2.67 bits per heavy atom. The summed E-state index contributed by atoms with van der Waals surface area (Å²) in [4.78, 5) is 39.0. The van der Waals surface area contributed by atoms with Crippen LogP contribution in [0, 0.1) is 0 Å². The molecule has 0 aliphatic rings. The second-order valence-electron chi connectivity index (χ2n) is 6.29. The maximum Gasteiger partial charge on any atom is 0.311 e. The lowest BCUT2D eigenvalue weighted by molar-refractivity contribution is -0.152. The smallest absolute Gasteiger partial charge is 0.311 e. The molecule has 1 unspecified atom stereocenters. The molecule has 0 saturated carbocycles. The Bertz CT molecular complexity index is 1010. The third-order valence-corrected chi connectivity index (χ3v) is 4.22. The molecule has 0 aliphatic carbocycles. The molecule has 1 heterocycles. The molecule has 0 bridgehead atoms. The number of amides is 1. The number of anilines is 1. The fourth-order valence-corrected chi connectivity index (χ4v) is 2.79. The maximum atomic E-state index is 12.3. The number of ketones is 1. The zero-order chi connectivity index (χ0) is 19.4. The van der Waals surface area contributed by atoms with Crippen LogP contribution in [-0.4, -0.2) is 28.7 Å². The highest BCUT2D eigenvalue weighted by Crippen LogP contribution is 2.19. The Balaban J connectivity index is 1.60. The van der Waals surface area contributed by atoms with Crippen LogP contribution >= 0.6 is 0 Å². The molecule has 0 saturated heterocycles. The number of aromatic nitrogens is 1. The Hall–Kier alpha value is -3.41. The second-order valence-corrected chi connectivity index (χ2v) is 6.29. The topological polar surface area (TPSA) is 88.3 Å². The Morgan fingerprint density at radius 2 is 1.89 bits per heavy atom. The zero-order valence-corrected chi connectivity index (χ0v) is 15.1. The molecule has 1 atom stereocenters. The fraction of sp³-hybridized carbons (Fsp3) is 0.190. The normalized spacial score (nSPS) is 11.8. The number of fused-ring (bicyclic) bond motifs is 1. The van der Waals surface area contributed by atoms with Gasteiger partial charge in [-0.05, 0) is 37.6 Å². The summed E-state index contributed by atoms with van der Waals surface area (Å²) >= 11 is 0. The lowest BCUT2D eigenvalue weighted by Gasteiger charge is -2.14. The van der Waals surface area contributed by atoms with Crippen molar-refractivity contribution >= 4 is 34.3 Å². The van der Waals surface area contributed by atoms with Gasteiger partial charge in [-0.3, -0.25) is 14.4 Å². The van der Waals surface area contributed by atoms with E-state index >= 15 is 0 Å².